The van der Waals surface area contributed by atoms with Gasteiger partial charge in [0.25, 0.3) is 5.91 Å². The van der Waals surface area contributed by atoms with Crippen LogP contribution in [0.2, 0.25) is 0 Å². The smallest absolute Gasteiger partial charge is 0.262 e. The number of aliphatic hydroxyl groups is 2. The van der Waals surface area contributed by atoms with Gasteiger partial charge in [-0.1, -0.05) is 6.92 Å². The molecule has 0 radical (unpaired) electrons. The second-order valence-electron chi connectivity index (χ2n) is 4.65. The van der Waals surface area contributed by atoms with Gasteiger partial charge in [0.15, 0.2) is 12.4 Å². The maximum absolute atomic E-state index is 12.2. The van der Waals surface area contributed by atoms with E-state index in [1.807, 2.05) is 20.8 Å². The molecular weight excluding hydrogens is 274 g/mol. The van der Waals surface area contributed by atoms with E-state index >= 15 is 0 Å². The van der Waals surface area contributed by atoms with Crippen LogP contribution >= 0.6 is 0 Å². The van der Waals surface area contributed by atoms with Gasteiger partial charge < -0.3 is 19.7 Å². The van der Waals surface area contributed by atoms with Crippen molar-refractivity contribution in [3.05, 3.63) is 24.0 Å². The third-order valence-electron chi connectivity index (χ3n) is 3.19. The molecule has 1 aromatic heterocycles. The standard InChI is InChI=1S/C15H25NO5/c1-4-11-8-7-9-16(11)15(19)14(18)12(17)10-13(20-5-2)21-6-3/h7-9,12-14,17-18H,4-6,10H2,1-3H3/t12-,14+/m1/s1. The molecule has 1 rings (SSSR count). The van der Waals surface area contributed by atoms with E-state index < -0.39 is 24.4 Å². The first-order valence-electron chi connectivity index (χ1n) is 7.34. The second-order valence-corrected chi connectivity index (χ2v) is 4.65. The zero-order chi connectivity index (χ0) is 15.8. The topological polar surface area (TPSA) is 80.9 Å². The van der Waals surface area contributed by atoms with Crippen LogP contribution in [-0.2, 0) is 15.9 Å². The molecule has 0 aromatic carbocycles. The van der Waals surface area contributed by atoms with E-state index in [4.69, 9.17) is 9.47 Å². The van der Waals surface area contributed by atoms with Crippen molar-refractivity contribution in [1.82, 2.24) is 4.57 Å². The van der Waals surface area contributed by atoms with Crippen LogP contribution in [0.15, 0.2) is 18.3 Å². The molecule has 21 heavy (non-hydrogen) atoms. The fraction of sp³-hybridized carbons (Fsp3) is 0.667. The number of aromatic nitrogens is 1. The number of aryl methyl sites for hydroxylation is 1. The minimum Gasteiger partial charge on any atom is -0.390 e. The van der Waals surface area contributed by atoms with Gasteiger partial charge in [0, 0.05) is 31.5 Å². The van der Waals surface area contributed by atoms with Gasteiger partial charge in [-0.15, -0.1) is 0 Å². The van der Waals surface area contributed by atoms with Gasteiger partial charge in [0.05, 0.1) is 6.10 Å². The molecule has 2 N–H and O–H groups in total. The highest BCUT2D eigenvalue weighted by atomic mass is 16.7. The molecule has 0 bridgehead atoms. The van der Waals surface area contributed by atoms with E-state index in [0.717, 1.165) is 5.69 Å². The molecule has 2 atom stereocenters. The molecule has 1 heterocycles. The highest BCUT2D eigenvalue weighted by molar-refractivity contribution is 5.84. The lowest BCUT2D eigenvalue weighted by atomic mass is 10.1. The molecule has 0 fully saturated rings. The monoisotopic (exact) mass is 299 g/mol. The summed E-state index contributed by atoms with van der Waals surface area (Å²) in [6.07, 6.45) is -1.09. The summed E-state index contributed by atoms with van der Waals surface area (Å²) in [6.45, 7) is 6.40. The van der Waals surface area contributed by atoms with Crippen LogP contribution in [0.5, 0.6) is 0 Å². The van der Waals surface area contributed by atoms with Crippen LogP contribution in [0, 0.1) is 0 Å². The lowest BCUT2D eigenvalue weighted by molar-refractivity contribution is -0.158. The maximum Gasteiger partial charge on any atom is 0.262 e. The molecule has 120 valence electrons. The van der Waals surface area contributed by atoms with E-state index in [0.29, 0.717) is 19.6 Å². The summed E-state index contributed by atoms with van der Waals surface area (Å²) < 4.78 is 12.0. The van der Waals surface area contributed by atoms with Crippen molar-refractivity contribution in [3.63, 3.8) is 0 Å². The van der Waals surface area contributed by atoms with E-state index in [1.165, 1.54) is 4.57 Å². The molecule has 6 heteroatoms. The average Bonchev–Trinajstić information content (AvgIpc) is 2.94. The Bertz CT molecular complexity index is 425. The largest absolute Gasteiger partial charge is 0.390 e. The van der Waals surface area contributed by atoms with Crippen LogP contribution in [-0.4, -0.2) is 52.4 Å². The Morgan fingerprint density at radius 3 is 2.38 bits per heavy atom. The molecule has 6 nitrogen and oxygen atoms in total. The van der Waals surface area contributed by atoms with Gasteiger partial charge in [-0.3, -0.25) is 9.36 Å². The first-order valence-corrected chi connectivity index (χ1v) is 7.34. The molecule has 0 unspecified atom stereocenters. The van der Waals surface area contributed by atoms with E-state index in [-0.39, 0.29) is 6.42 Å². The Kier molecular flexibility index (Phi) is 7.60. The molecule has 1 aromatic rings. The number of hydrogen-bond donors (Lipinski definition) is 2. The highest BCUT2D eigenvalue weighted by Crippen LogP contribution is 2.12. The van der Waals surface area contributed by atoms with Gasteiger partial charge in [0.1, 0.15) is 0 Å². The molecule has 0 amide bonds. The van der Waals surface area contributed by atoms with Crippen LogP contribution in [0.1, 0.15) is 37.7 Å². The minimum atomic E-state index is -1.51. The van der Waals surface area contributed by atoms with Crippen molar-refractivity contribution in [1.29, 1.82) is 0 Å². The van der Waals surface area contributed by atoms with E-state index in [9.17, 15) is 15.0 Å². The quantitative estimate of drug-likeness (QED) is 0.670. The number of carbonyl (C=O) groups excluding carboxylic acids is 1. The van der Waals surface area contributed by atoms with Crippen molar-refractivity contribution in [2.75, 3.05) is 13.2 Å². The predicted octanol–water partition coefficient (Wildman–Crippen LogP) is 1.20. The van der Waals surface area contributed by atoms with Gasteiger partial charge in [-0.25, -0.2) is 0 Å². The van der Waals surface area contributed by atoms with E-state index in [2.05, 4.69) is 0 Å². The van der Waals surface area contributed by atoms with Crippen LogP contribution in [0.25, 0.3) is 0 Å². The number of carbonyl (C=O) groups is 1. The SMILES string of the molecule is CCOC(C[C@@H](O)[C@H](O)C(=O)n1cccc1CC)OCC. The molecular formula is C15H25NO5. The van der Waals surface area contributed by atoms with Gasteiger partial charge in [-0.2, -0.15) is 0 Å². The van der Waals surface area contributed by atoms with Crippen molar-refractivity contribution < 1.29 is 24.5 Å². The fourth-order valence-corrected chi connectivity index (χ4v) is 2.11. The van der Waals surface area contributed by atoms with Crippen molar-refractivity contribution in [2.45, 2.75) is 52.1 Å². The summed E-state index contributed by atoms with van der Waals surface area (Å²) in [4.78, 5) is 12.2. The fourth-order valence-electron chi connectivity index (χ4n) is 2.11. The van der Waals surface area contributed by atoms with Gasteiger partial charge in [-0.05, 0) is 32.4 Å². The molecule has 0 aliphatic carbocycles. The zero-order valence-electron chi connectivity index (χ0n) is 12.9. The Balaban J connectivity index is 2.68. The summed E-state index contributed by atoms with van der Waals surface area (Å²) in [7, 11) is 0. The second kappa shape index (κ2) is 8.94. The lowest BCUT2D eigenvalue weighted by Crippen LogP contribution is -2.40. The maximum atomic E-state index is 12.2. The number of nitrogens with zero attached hydrogens (tertiary/aromatic N) is 1. The van der Waals surface area contributed by atoms with Gasteiger partial charge in [0.2, 0.25) is 0 Å². The van der Waals surface area contributed by atoms with Crippen molar-refractivity contribution in [3.8, 4) is 0 Å². The number of rotatable bonds is 9. The molecule has 0 aliphatic heterocycles. The molecule has 0 saturated heterocycles. The normalized spacial score (nSPS) is 14.4. The van der Waals surface area contributed by atoms with Crippen molar-refractivity contribution in [2.24, 2.45) is 0 Å². The Morgan fingerprint density at radius 2 is 1.86 bits per heavy atom. The summed E-state index contributed by atoms with van der Waals surface area (Å²) in [5.74, 6) is -0.545. The lowest BCUT2D eigenvalue weighted by Gasteiger charge is -2.23. The van der Waals surface area contributed by atoms with Crippen molar-refractivity contribution >= 4 is 5.91 Å². The Morgan fingerprint density at radius 1 is 1.24 bits per heavy atom. The van der Waals surface area contributed by atoms with E-state index in [1.54, 1.807) is 18.3 Å². The third kappa shape index (κ3) is 4.93. The summed E-state index contributed by atoms with van der Waals surface area (Å²) >= 11 is 0. The van der Waals surface area contributed by atoms with Crippen LogP contribution < -0.4 is 0 Å². The van der Waals surface area contributed by atoms with Crippen LogP contribution in [0.4, 0.5) is 0 Å². The Hall–Kier alpha value is -1.21. The number of ether oxygens (including phenoxy) is 2. The first-order chi connectivity index (χ1) is 10.0. The first kappa shape index (κ1) is 17.8. The molecule has 0 aliphatic rings. The minimum absolute atomic E-state index is 0.0390. The average molecular weight is 299 g/mol. The third-order valence-corrected chi connectivity index (χ3v) is 3.19. The van der Waals surface area contributed by atoms with Gasteiger partial charge >= 0.3 is 0 Å². The zero-order valence-corrected chi connectivity index (χ0v) is 12.9. The Labute approximate surface area is 125 Å². The number of hydrogen-bond acceptors (Lipinski definition) is 5. The predicted molar refractivity (Wildman–Crippen MR) is 78.1 cm³/mol. The molecule has 0 saturated carbocycles. The highest BCUT2D eigenvalue weighted by Gasteiger charge is 2.29. The summed E-state index contributed by atoms with van der Waals surface area (Å²) in [6, 6.07) is 3.54. The summed E-state index contributed by atoms with van der Waals surface area (Å²) in [5, 5.41) is 20.1. The van der Waals surface area contributed by atoms with Crippen LogP contribution in [0.3, 0.4) is 0 Å². The number of aliphatic hydroxyl groups excluding tert-OH is 2. The summed E-state index contributed by atoms with van der Waals surface area (Å²) in [5.41, 5.74) is 0.789. The molecule has 0 spiro atoms.